The van der Waals surface area contributed by atoms with Gasteiger partial charge in [-0.1, -0.05) is 6.07 Å². The van der Waals surface area contributed by atoms with Gasteiger partial charge < -0.3 is 10.6 Å². The first kappa shape index (κ1) is 15.5. The third kappa shape index (κ3) is 4.10. The van der Waals surface area contributed by atoms with Crippen molar-refractivity contribution in [2.45, 2.75) is 6.54 Å². The van der Waals surface area contributed by atoms with Gasteiger partial charge in [-0.05, 0) is 35.9 Å². The fourth-order valence-electron chi connectivity index (χ4n) is 2.01. The van der Waals surface area contributed by atoms with Crippen molar-refractivity contribution in [1.29, 1.82) is 0 Å². The van der Waals surface area contributed by atoms with E-state index in [1.807, 2.05) is 6.07 Å². The Morgan fingerprint density at radius 3 is 2.71 bits per heavy atom. The highest BCUT2D eigenvalue weighted by molar-refractivity contribution is 5.92. The minimum Gasteiger partial charge on any atom is -0.347 e. The van der Waals surface area contributed by atoms with Gasteiger partial charge in [0.05, 0.1) is 0 Å². The third-order valence-corrected chi connectivity index (χ3v) is 3.19. The molecule has 2 heterocycles. The predicted octanol–water partition coefficient (Wildman–Crippen LogP) is 2.68. The predicted molar refractivity (Wildman–Crippen MR) is 87.1 cm³/mol. The SMILES string of the molecule is O=C(NCc1cccnc1)c1cc(Nc2ccc(F)cc2)ncn1. The highest BCUT2D eigenvalue weighted by atomic mass is 19.1. The van der Waals surface area contributed by atoms with Crippen LogP contribution in [0.2, 0.25) is 0 Å². The maximum absolute atomic E-state index is 12.9. The second-order valence-electron chi connectivity index (χ2n) is 4.96. The summed E-state index contributed by atoms with van der Waals surface area (Å²) in [6, 6.07) is 11.0. The summed E-state index contributed by atoms with van der Waals surface area (Å²) in [5, 5.41) is 5.76. The Morgan fingerprint density at radius 2 is 1.96 bits per heavy atom. The third-order valence-electron chi connectivity index (χ3n) is 3.19. The van der Waals surface area contributed by atoms with E-state index < -0.39 is 0 Å². The van der Waals surface area contributed by atoms with Gasteiger partial charge in [-0.15, -0.1) is 0 Å². The molecule has 1 aromatic carbocycles. The highest BCUT2D eigenvalue weighted by Crippen LogP contribution is 2.15. The fourth-order valence-corrected chi connectivity index (χ4v) is 2.01. The van der Waals surface area contributed by atoms with E-state index in [1.165, 1.54) is 24.5 Å². The van der Waals surface area contributed by atoms with Crippen LogP contribution < -0.4 is 10.6 Å². The number of hydrogen-bond donors (Lipinski definition) is 2. The molecule has 2 aromatic heterocycles. The lowest BCUT2D eigenvalue weighted by molar-refractivity contribution is 0.0945. The average Bonchev–Trinajstić information content (AvgIpc) is 2.63. The minimum atomic E-state index is -0.321. The standard InChI is InChI=1S/C17H14FN5O/c18-13-3-5-14(6-4-13)23-16-8-15(21-11-22-16)17(24)20-10-12-2-1-7-19-9-12/h1-9,11H,10H2,(H,20,24)(H,21,22,23). The van der Waals surface area contributed by atoms with Crippen molar-refractivity contribution < 1.29 is 9.18 Å². The van der Waals surface area contributed by atoms with Crippen LogP contribution in [-0.4, -0.2) is 20.9 Å². The molecule has 24 heavy (non-hydrogen) atoms. The number of nitrogens with zero attached hydrogens (tertiary/aromatic N) is 3. The molecular weight excluding hydrogens is 309 g/mol. The zero-order chi connectivity index (χ0) is 16.8. The van der Waals surface area contributed by atoms with Gasteiger partial charge in [0.25, 0.3) is 5.91 Å². The number of rotatable bonds is 5. The van der Waals surface area contributed by atoms with Crippen molar-refractivity contribution >= 4 is 17.4 Å². The van der Waals surface area contributed by atoms with Gasteiger partial charge in [0.15, 0.2) is 0 Å². The Balaban J connectivity index is 1.65. The zero-order valence-electron chi connectivity index (χ0n) is 12.6. The lowest BCUT2D eigenvalue weighted by Crippen LogP contribution is -2.24. The normalized spacial score (nSPS) is 10.2. The van der Waals surface area contributed by atoms with Crippen LogP contribution in [0.5, 0.6) is 0 Å². The number of nitrogens with one attached hydrogen (secondary N) is 2. The Kier molecular flexibility index (Phi) is 4.71. The summed E-state index contributed by atoms with van der Waals surface area (Å²) in [5.41, 5.74) is 1.79. The van der Waals surface area contributed by atoms with Crippen molar-refractivity contribution in [2.75, 3.05) is 5.32 Å². The topological polar surface area (TPSA) is 79.8 Å². The molecule has 7 heteroatoms. The van der Waals surface area contributed by atoms with Crippen LogP contribution in [0.3, 0.4) is 0 Å². The molecule has 0 fully saturated rings. The van der Waals surface area contributed by atoms with Crippen molar-refractivity contribution in [3.63, 3.8) is 0 Å². The smallest absolute Gasteiger partial charge is 0.270 e. The fraction of sp³-hybridized carbons (Fsp3) is 0.0588. The van der Waals surface area contributed by atoms with E-state index in [-0.39, 0.29) is 17.4 Å². The van der Waals surface area contributed by atoms with Crippen LogP contribution in [0.15, 0.2) is 61.2 Å². The van der Waals surface area contributed by atoms with E-state index in [4.69, 9.17) is 0 Å². The molecule has 0 aliphatic heterocycles. The Morgan fingerprint density at radius 1 is 1.12 bits per heavy atom. The maximum Gasteiger partial charge on any atom is 0.270 e. The largest absolute Gasteiger partial charge is 0.347 e. The summed E-state index contributed by atoms with van der Waals surface area (Å²) in [6.07, 6.45) is 4.65. The second-order valence-corrected chi connectivity index (χ2v) is 4.96. The number of halogens is 1. The van der Waals surface area contributed by atoms with Gasteiger partial charge in [0.1, 0.15) is 23.7 Å². The van der Waals surface area contributed by atoms with Crippen LogP contribution >= 0.6 is 0 Å². The molecule has 0 unspecified atom stereocenters. The molecule has 0 saturated carbocycles. The van der Waals surface area contributed by atoms with Gasteiger partial charge in [-0.25, -0.2) is 14.4 Å². The molecule has 1 amide bonds. The lowest BCUT2D eigenvalue weighted by atomic mass is 10.2. The highest BCUT2D eigenvalue weighted by Gasteiger charge is 2.09. The van der Waals surface area contributed by atoms with E-state index in [0.29, 0.717) is 18.1 Å². The molecule has 2 N–H and O–H groups in total. The number of carbonyl (C=O) groups is 1. The van der Waals surface area contributed by atoms with Gasteiger partial charge in [0.2, 0.25) is 0 Å². The minimum absolute atomic E-state index is 0.235. The number of carbonyl (C=O) groups excluding carboxylic acids is 1. The first-order chi connectivity index (χ1) is 11.7. The van der Waals surface area contributed by atoms with E-state index in [2.05, 4.69) is 25.6 Å². The first-order valence-electron chi connectivity index (χ1n) is 7.22. The number of pyridine rings is 1. The Bertz CT molecular complexity index is 824. The molecule has 0 bridgehead atoms. The molecule has 0 radical (unpaired) electrons. The summed E-state index contributed by atoms with van der Waals surface area (Å²) in [7, 11) is 0. The maximum atomic E-state index is 12.9. The first-order valence-corrected chi connectivity index (χ1v) is 7.22. The molecule has 3 aromatic rings. The Labute approximate surface area is 137 Å². The van der Waals surface area contributed by atoms with E-state index >= 15 is 0 Å². The average molecular weight is 323 g/mol. The number of amides is 1. The Hall–Kier alpha value is -3.35. The van der Waals surface area contributed by atoms with Crippen LogP contribution in [0.1, 0.15) is 16.1 Å². The molecule has 0 aliphatic carbocycles. The van der Waals surface area contributed by atoms with Gasteiger partial charge in [-0.3, -0.25) is 9.78 Å². The number of anilines is 2. The van der Waals surface area contributed by atoms with Crippen LogP contribution in [0.4, 0.5) is 15.9 Å². The van der Waals surface area contributed by atoms with Crippen LogP contribution in [-0.2, 0) is 6.54 Å². The molecule has 3 rings (SSSR count). The van der Waals surface area contributed by atoms with Crippen molar-refractivity contribution in [3.8, 4) is 0 Å². The van der Waals surface area contributed by atoms with E-state index in [0.717, 1.165) is 5.56 Å². The van der Waals surface area contributed by atoms with Crippen LogP contribution in [0, 0.1) is 5.82 Å². The molecule has 120 valence electrons. The number of aromatic nitrogens is 3. The lowest BCUT2D eigenvalue weighted by Gasteiger charge is -2.07. The zero-order valence-corrected chi connectivity index (χ0v) is 12.6. The van der Waals surface area contributed by atoms with E-state index in [1.54, 1.807) is 30.6 Å². The summed E-state index contributed by atoms with van der Waals surface area (Å²) in [4.78, 5) is 24.2. The second kappa shape index (κ2) is 7.28. The number of hydrogen-bond acceptors (Lipinski definition) is 5. The van der Waals surface area contributed by atoms with Gasteiger partial charge >= 0.3 is 0 Å². The number of benzene rings is 1. The van der Waals surface area contributed by atoms with E-state index in [9.17, 15) is 9.18 Å². The molecule has 0 saturated heterocycles. The molecule has 0 atom stereocenters. The molecule has 6 nitrogen and oxygen atoms in total. The van der Waals surface area contributed by atoms with Gasteiger partial charge in [-0.2, -0.15) is 0 Å². The van der Waals surface area contributed by atoms with Crippen molar-refractivity contribution in [1.82, 2.24) is 20.3 Å². The van der Waals surface area contributed by atoms with Crippen LogP contribution in [0.25, 0.3) is 0 Å². The van der Waals surface area contributed by atoms with Crippen molar-refractivity contribution in [2.24, 2.45) is 0 Å². The van der Waals surface area contributed by atoms with Gasteiger partial charge in [0, 0.05) is 30.7 Å². The summed E-state index contributed by atoms with van der Waals surface area (Å²) < 4.78 is 12.9. The quantitative estimate of drug-likeness (QED) is 0.754. The summed E-state index contributed by atoms with van der Waals surface area (Å²) in [5.74, 6) is -0.190. The van der Waals surface area contributed by atoms with Crippen molar-refractivity contribution in [3.05, 3.63) is 78.3 Å². The molecule has 0 spiro atoms. The molecular formula is C17H14FN5O. The molecule has 0 aliphatic rings. The monoisotopic (exact) mass is 323 g/mol. The summed E-state index contributed by atoms with van der Waals surface area (Å²) in [6.45, 7) is 0.359. The summed E-state index contributed by atoms with van der Waals surface area (Å²) >= 11 is 0.